The second-order valence-electron chi connectivity index (χ2n) is 7.99. The molecule has 178 valence electrons. The molecule has 4 rings (SSSR count). The van der Waals surface area contributed by atoms with Gasteiger partial charge in [0.05, 0.1) is 16.7 Å². The molecule has 2 heterocycles. The zero-order valence-corrected chi connectivity index (χ0v) is 20.5. The molecule has 0 saturated carbocycles. The molecule has 0 radical (unpaired) electrons. The number of carbonyl (C=O) groups is 1. The first kappa shape index (κ1) is 24.1. The van der Waals surface area contributed by atoms with E-state index in [1.165, 1.54) is 17.6 Å². The van der Waals surface area contributed by atoms with Crippen molar-refractivity contribution in [3.8, 4) is 17.0 Å². The highest BCUT2D eigenvalue weighted by Gasteiger charge is 2.21. The number of thiazole rings is 1. The first-order chi connectivity index (χ1) is 16.3. The summed E-state index contributed by atoms with van der Waals surface area (Å²) in [6.45, 7) is 5.36. The van der Waals surface area contributed by atoms with E-state index in [0.717, 1.165) is 25.0 Å². The summed E-state index contributed by atoms with van der Waals surface area (Å²) in [7, 11) is -3.27. The second-order valence-corrected chi connectivity index (χ2v) is 10.8. The molecule has 1 fully saturated rings. The van der Waals surface area contributed by atoms with Gasteiger partial charge in [0.2, 0.25) is 0 Å². The maximum absolute atomic E-state index is 13.2. The number of nitrogens with zero attached hydrogens (tertiary/aromatic N) is 2. The lowest BCUT2D eigenvalue weighted by Crippen LogP contribution is -2.30. The molecule has 1 amide bonds. The van der Waals surface area contributed by atoms with E-state index < -0.39 is 9.84 Å². The first-order valence-corrected chi connectivity index (χ1v) is 13.7. The summed E-state index contributed by atoms with van der Waals surface area (Å²) in [5.41, 5.74) is 1.95. The summed E-state index contributed by atoms with van der Waals surface area (Å²) in [6, 6.07) is 13.6. The molecule has 3 aromatic rings. The van der Waals surface area contributed by atoms with Gasteiger partial charge in [-0.15, -0.1) is 17.9 Å². The average Bonchev–Trinajstić information content (AvgIpc) is 3.53. The van der Waals surface area contributed by atoms with Crippen LogP contribution in [-0.2, 0) is 14.6 Å². The van der Waals surface area contributed by atoms with Gasteiger partial charge in [-0.25, -0.2) is 13.4 Å². The van der Waals surface area contributed by atoms with Crippen LogP contribution in [0.1, 0.15) is 23.2 Å². The minimum absolute atomic E-state index is 0.131. The minimum Gasteiger partial charge on any atom is -0.491 e. The quantitative estimate of drug-likeness (QED) is 0.401. The maximum atomic E-state index is 13.2. The van der Waals surface area contributed by atoms with Crippen LogP contribution in [0, 0.1) is 0 Å². The lowest BCUT2D eigenvalue weighted by molar-refractivity contribution is 0.0679. The summed E-state index contributed by atoms with van der Waals surface area (Å²) in [5, 5.41) is 2.38. The molecular weight excluding hydrogens is 472 g/mol. The van der Waals surface area contributed by atoms with Crippen molar-refractivity contribution in [1.82, 2.24) is 4.98 Å². The Bertz CT molecular complexity index is 1250. The van der Waals surface area contributed by atoms with Gasteiger partial charge < -0.3 is 9.47 Å². The highest BCUT2D eigenvalue weighted by Crippen LogP contribution is 2.29. The first-order valence-electron chi connectivity index (χ1n) is 10.9. The maximum Gasteiger partial charge on any atom is 0.260 e. The molecule has 9 heteroatoms. The van der Waals surface area contributed by atoms with Crippen LogP contribution >= 0.6 is 11.3 Å². The Morgan fingerprint density at radius 1 is 1.24 bits per heavy atom. The van der Waals surface area contributed by atoms with Crippen LogP contribution in [-0.4, -0.2) is 51.4 Å². The molecule has 34 heavy (non-hydrogen) atoms. The Hall–Kier alpha value is -3.01. The molecule has 7 nitrogen and oxygen atoms in total. The summed E-state index contributed by atoms with van der Waals surface area (Å²) >= 11 is 1.34. The van der Waals surface area contributed by atoms with Crippen molar-refractivity contribution in [2.75, 3.05) is 30.9 Å². The van der Waals surface area contributed by atoms with E-state index in [-0.39, 0.29) is 16.9 Å². The Labute approximate surface area is 203 Å². The summed E-state index contributed by atoms with van der Waals surface area (Å²) in [5.74, 6) is 0.496. The normalized spacial score (nSPS) is 15.7. The van der Waals surface area contributed by atoms with E-state index in [0.29, 0.717) is 35.3 Å². The number of aromatic nitrogens is 1. The minimum atomic E-state index is -3.27. The van der Waals surface area contributed by atoms with Crippen LogP contribution in [0.4, 0.5) is 5.13 Å². The van der Waals surface area contributed by atoms with Crippen LogP contribution in [0.5, 0.6) is 5.75 Å². The summed E-state index contributed by atoms with van der Waals surface area (Å²) in [6.07, 6.45) is 5.02. The molecule has 0 bridgehead atoms. The van der Waals surface area contributed by atoms with Crippen LogP contribution in [0.15, 0.2) is 71.5 Å². The predicted molar refractivity (Wildman–Crippen MR) is 133 cm³/mol. The van der Waals surface area contributed by atoms with Gasteiger partial charge in [-0.1, -0.05) is 18.2 Å². The van der Waals surface area contributed by atoms with Crippen molar-refractivity contribution in [2.24, 2.45) is 0 Å². The highest BCUT2D eigenvalue weighted by atomic mass is 32.2. The largest absolute Gasteiger partial charge is 0.491 e. The molecule has 0 spiro atoms. The van der Waals surface area contributed by atoms with Crippen molar-refractivity contribution in [3.63, 3.8) is 0 Å². The molecule has 1 aromatic heterocycles. The molecule has 1 unspecified atom stereocenters. The topological polar surface area (TPSA) is 85.8 Å². The standard InChI is InChI=1S/C25H26N2O5S2/c1-3-14-27(24(28)19-6-10-20(11-7-19)32-16-21-5-4-15-31-21)25-26-23(17-33-25)18-8-12-22(13-9-18)34(2,29)30/h3,6-13,17,21H,1,4-5,14-16H2,2H3. The monoisotopic (exact) mass is 498 g/mol. The van der Waals surface area contributed by atoms with Gasteiger partial charge in [0.15, 0.2) is 15.0 Å². The van der Waals surface area contributed by atoms with Crippen molar-refractivity contribution >= 4 is 32.2 Å². The van der Waals surface area contributed by atoms with Gasteiger partial charge in [0, 0.05) is 35.9 Å². The van der Waals surface area contributed by atoms with Crippen molar-refractivity contribution in [2.45, 2.75) is 23.8 Å². The number of hydrogen-bond donors (Lipinski definition) is 0. The van der Waals surface area contributed by atoms with Gasteiger partial charge in [0.1, 0.15) is 12.4 Å². The number of benzene rings is 2. The third-order valence-electron chi connectivity index (χ3n) is 5.42. The average molecular weight is 499 g/mol. The SMILES string of the molecule is C=CCN(C(=O)c1ccc(OCC2CCCO2)cc1)c1nc(-c2ccc(S(C)(=O)=O)cc2)cs1. The van der Waals surface area contributed by atoms with Crippen molar-refractivity contribution < 1.29 is 22.7 Å². The lowest BCUT2D eigenvalue weighted by atomic mass is 10.2. The van der Waals surface area contributed by atoms with Gasteiger partial charge in [0.25, 0.3) is 5.91 Å². The molecule has 1 atom stereocenters. The van der Waals surface area contributed by atoms with Gasteiger partial charge in [-0.3, -0.25) is 9.69 Å². The third kappa shape index (κ3) is 5.72. The van der Waals surface area contributed by atoms with Crippen LogP contribution in [0.3, 0.4) is 0 Å². The fourth-order valence-corrected chi connectivity index (χ4v) is 5.06. The molecule has 0 N–H and O–H groups in total. The fourth-order valence-electron chi connectivity index (χ4n) is 3.59. The smallest absolute Gasteiger partial charge is 0.260 e. The van der Waals surface area contributed by atoms with E-state index in [2.05, 4.69) is 11.6 Å². The summed E-state index contributed by atoms with van der Waals surface area (Å²) < 4.78 is 34.7. The van der Waals surface area contributed by atoms with E-state index in [4.69, 9.17) is 9.47 Å². The number of rotatable bonds is 9. The van der Waals surface area contributed by atoms with Crippen molar-refractivity contribution in [1.29, 1.82) is 0 Å². The van der Waals surface area contributed by atoms with E-state index in [1.807, 2.05) is 5.38 Å². The zero-order chi connectivity index (χ0) is 24.1. The molecular formula is C25H26N2O5S2. The molecule has 1 aliphatic heterocycles. The van der Waals surface area contributed by atoms with Crippen LogP contribution in [0.2, 0.25) is 0 Å². The predicted octanol–water partition coefficient (Wildman–Crippen LogP) is 4.60. The molecule has 0 aliphatic carbocycles. The van der Waals surface area contributed by atoms with Crippen LogP contribution in [0.25, 0.3) is 11.3 Å². The lowest BCUT2D eigenvalue weighted by Gasteiger charge is -2.18. The highest BCUT2D eigenvalue weighted by molar-refractivity contribution is 7.90. The van der Waals surface area contributed by atoms with E-state index in [1.54, 1.807) is 59.5 Å². The second kappa shape index (κ2) is 10.5. The van der Waals surface area contributed by atoms with Crippen LogP contribution < -0.4 is 9.64 Å². The number of anilines is 1. The van der Waals surface area contributed by atoms with E-state index in [9.17, 15) is 13.2 Å². The number of hydrogen-bond acceptors (Lipinski definition) is 7. The fraction of sp³-hybridized carbons (Fsp3) is 0.280. The van der Waals surface area contributed by atoms with Gasteiger partial charge in [-0.05, 0) is 49.2 Å². The number of carbonyl (C=O) groups excluding carboxylic acids is 1. The molecule has 1 aliphatic rings. The number of amides is 1. The van der Waals surface area contributed by atoms with Crippen molar-refractivity contribution in [3.05, 3.63) is 72.1 Å². The zero-order valence-electron chi connectivity index (χ0n) is 18.8. The Morgan fingerprint density at radius 2 is 1.97 bits per heavy atom. The molecule has 2 aromatic carbocycles. The Morgan fingerprint density at radius 3 is 2.59 bits per heavy atom. The Kier molecular flexibility index (Phi) is 7.45. The van der Waals surface area contributed by atoms with Gasteiger partial charge >= 0.3 is 0 Å². The van der Waals surface area contributed by atoms with Gasteiger partial charge in [-0.2, -0.15) is 0 Å². The number of ether oxygens (including phenoxy) is 2. The number of sulfone groups is 1. The third-order valence-corrected chi connectivity index (χ3v) is 7.41. The Balaban J connectivity index is 1.48. The van der Waals surface area contributed by atoms with E-state index >= 15 is 0 Å². The molecule has 1 saturated heterocycles. The summed E-state index contributed by atoms with van der Waals surface area (Å²) in [4.78, 5) is 19.7.